The van der Waals surface area contributed by atoms with Gasteiger partial charge in [-0.1, -0.05) is 73.1 Å². The molecule has 12 heteroatoms. The van der Waals surface area contributed by atoms with Crippen LogP contribution in [0, 0.1) is 0 Å². The zero-order chi connectivity index (χ0) is 31.9. The van der Waals surface area contributed by atoms with E-state index in [1.807, 2.05) is 6.92 Å². The molecule has 3 aromatic rings. The van der Waals surface area contributed by atoms with Gasteiger partial charge in [-0.15, -0.1) is 0 Å². The number of amides is 2. The minimum atomic E-state index is -4.25. The second-order valence-electron chi connectivity index (χ2n) is 10.7. The highest BCUT2D eigenvalue weighted by Gasteiger charge is 2.34. The van der Waals surface area contributed by atoms with Crippen LogP contribution in [0.3, 0.4) is 0 Å². The maximum atomic E-state index is 14.3. The number of nitrogens with one attached hydrogen (secondary N) is 1. The highest BCUT2D eigenvalue weighted by atomic mass is 35.5. The molecule has 3 aromatic carbocycles. The van der Waals surface area contributed by atoms with Gasteiger partial charge in [-0.25, -0.2) is 8.42 Å². The van der Waals surface area contributed by atoms with E-state index in [-0.39, 0.29) is 29.1 Å². The Kier molecular flexibility index (Phi) is 11.8. The number of benzene rings is 3. The molecule has 0 aliphatic heterocycles. The highest BCUT2D eigenvalue weighted by molar-refractivity contribution is 7.92. The topological polar surface area (TPSA) is 96.0 Å². The fraction of sp³-hybridized carbons (Fsp3) is 0.375. The first-order valence-corrected chi connectivity index (χ1v) is 17.1. The lowest BCUT2D eigenvalue weighted by Gasteiger charge is -2.34. The van der Waals surface area contributed by atoms with Gasteiger partial charge in [-0.2, -0.15) is 0 Å². The summed E-state index contributed by atoms with van der Waals surface area (Å²) in [7, 11) is -2.77. The summed E-state index contributed by atoms with van der Waals surface area (Å²) in [5.41, 5.74) is 0.847. The van der Waals surface area contributed by atoms with Crippen molar-refractivity contribution >= 4 is 62.3 Å². The third-order valence-corrected chi connectivity index (χ3v) is 10.5. The molecule has 2 amide bonds. The Morgan fingerprint density at radius 2 is 1.66 bits per heavy atom. The van der Waals surface area contributed by atoms with Crippen molar-refractivity contribution in [3.8, 4) is 5.75 Å². The predicted molar refractivity (Wildman–Crippen MR) is 175 cm³/mol. The zero-order valence-electron chi connectivity index (χ0n) is 24.6. The Morgan fingerprint density at radius 3 is 2.27 bits per heavy atom. The van der Waals surface area contributed by atoms with Crippen molar-refractivity contribution in [1.82, 2.24) is 10.2 Å². The molecule has 1 aliphatic rings. The number of methoxy groups -OCH3 is 1. The number of ether oxygens (including phenoxy) is 1. The molecule has 0 heterocycles. The van der Waals surface area contributed by atoms with Crippen molar-refractivity contribution in [2.24, 2.45) is 0 Å². The van der Waals surface area contributed by atoms with E-state index in [0.717, 1.165) is 36.4 Å². The number of halogens is 3. The van der Waals surface area contributed by atoms with E-state index >= 15 is 0 Å². The summed E-state index contributed by atoms with van der Waals surface area (Å²) in [6, 6.07) is 16.3. The van der Waals surface area contributed by atoms with E-state index in [4.69, 9.17) is 39.5 Å². The molecule has 1 atom stereocenters. The smallest absolute Gasteiger partial charge is 0.264 e. The van der Waals surface area contributed by atoms with Crippen molar-refractivity contribution in [3.63, 3.8) is 0 Å². The number of carbonyl (C=O) groups is 2. The molecule has 44 heavy (non-hydrogen) atoms. The van der Waals surface area contributed by atoms with Crippen molar-refractivity contribution in [1.29, 1.82) is 0 Å². The molecule has 1 aliphatic carbocycles. The first-order chi connectivity index (χ1) is 21.0. The normalized spacial score (nSPS) is 14.5. The van der Waals surface area contributed by atoms with Crippen LogP contribution in [0.2, 0.25) is 15.1 Å². The Balaban J connectivity index is 1.72. The van der Waals surface area contributed by atoms with Crippen LogP contribution in [0.4, 0.5) is 5.69 Å². The average molecular weight is 681 g/mol. The standard InChI is InChI=1S/C32H36Cl3N3O5S/c1-3-30(32(40)36-24-9-5-4-6-10-24)37(20-22-12-17-28(34)29(35)18-22)31(39)21-38(25-11-7-8-23(33)19-25)44(41,42)27-15-13-26(43-2)14-16-27/h7-8,11-19,24,30H,3-6,9-10,20-21H2,1-2H3,(H,36,40)/t30-/m0/s1. The Labute approximate surface area is 274 Å². The number of nitrogens with zero attached hydrogens (tertiary/aromatic N) is 2. The molecule has 8 nitrogen and oxygen atoms in total. The molecule has 0 radical (unpaired) electrons. The summed E-state index contributed by atoms with van der Waals surface area (Å²) in [5, 5.41) is 4.09. The maximum absolute atomic E-state index is 14.3. The predicted octanol–water partition coefficient (Wildman–Crippen LogP) is 7.11. The molecule has 0 spiro atoms. The average Bonchev–Trinajstić information content (AvgIpc) is 3.01. The minimum absolute atomic E-state index is 0.0122. The van der Waals surface area contributed by atoms with Crippen LogP contribution in [-0.2, 0) is 26.2 Å². The molecular formula is C32H36Cl3N3O5S. The second-order valence-corrected chi connectivity index (χ2v) is 13.8. The van der Waals surface area contributed by atoms with Gasteiger partial charge in [0.25, 0.3) is 10.0 Å². The van der Waals surface area contributed by atoms with Crippen molar-refractivity contribution in [3.05, 3.63) is 87.4 Å². The first kappa shape index (κ1) is 33.9. The fourth-order valence-corrected chi connectivity index (χ4v) is 7.24. The summed E-state index contributed by atoms with van der Waals surface area (Å²) in [5.74, 6) is -0.365. The summed E-state index contributed by atoms with van der Waals surface area (Å²) < 4.78 is 34.3. The molecule has 1 N–H and O–H groups in total. The quantitative estimate of drug-likeness (QED) is 0.220. The fourth-order valence-electron chi connectivity index (χ4n) is 5.33. The summed E-state index contributed by atoms with van der Waals surface area (Å²) in [6.45, 7) is 1.25. The van der Waals surface area contributed by atoms with Crippen LogP contribution in [-0.4, -0.2) is 50.9 Å². The Hall–Kier alpha value is -2.98. The number of carbonyl (C=O) groups excluding carboxylic acids is 2. The van der Waals surface area contributed by atoms with Crippen LogP contribution in [0.25, 0.3) is 0 Å². The lowest BCUT2D eigenvalue weighted by Crippen LogP contribution is -2.54. The number of hydrogen-bond acceptors (Lipinski definition) is 5. The highest BCUT2D eigenvalue weighted by Crippen LogP contribution is 2.29. The molecule has 0 unspecified atom stereocenters. The van der Waals surface area contributed by atoms with Gasteiger partial charge in [0.2, 0.25) is 11.8 Å². The summed E-state index contributed by atoms with van der Waals surface area (Å²) in [4.78, 5) is 29.3. The minimum Gasteiger partial charge on any atom is -0.497 e. The molecular weight excluding hydrogens is 645 g/mol. The molecule has 0 bridgehead atoms. The van der Waals surface area contributed by atoms with Gasteiger partial charge >= 0.3 is 0 Å². The van der Waals surface area contributed by atoms with Crippen LogP contribution >= 0.6 is 34.8 Å². The molecule has 236 valence electrons. The largest absolute Gasteiger partial charge is 0.497 e. The molecule has 4 rings (SSSR count). The van der Waals surface area contributed by atoms with Crippen molar-refractivity contribution in [2.45, 2.75) is 69.0 Å². The van der Waals surface area contributed by atoms with Gasteiger partial charge in [0, 0.05) is 17.6 Å². The Bertz CT molecular complexity index is 1560. The van der Waals surface area contributed by atoms with E-state index in [0.29, 0.717) is 32.8 Å². The maximum Gasteiger partial charge on any atom is 0.264 e. The van der Waals surface area contributed by atoms with Gasteiger partial charge in [0.1, 0.15) is 18.3 Å². The van der Waals surface area contributed by atoms with Gasteiger partial charge in [0.15, 0.2) is 0 Å². The van der Waals surface area contributed by atoms with E-state index in [1.165, 1.54) is 42.3 Å². The van der Waals surface area contributed by atoms with E-state index in [1.54, 1.807) is 36.4 Å². The van der Waals surface area contributed by atoms with Crippen molar-refractivity contribution in [2.75, 3.05) is 18.0 Å². The lowest BCUT2D eigenvalue weighted by molar-refractivity contribution is -0.140. The molecule has 1 saturated carbocycles. The van der Waals surface area contributed by atoms with Gasteiger partial charge < -0.3 is 15.0 Å². The van der Waals surface area contributed by atoms with Crippen LogP contribution in [0.15, 0.2) is 71.6 Å². The Morgan fingerprint density at radius 1 is 0.955 bits per heavy atom. The first-order valence-electron chi connectivity index (χ1n) is 14.5. The van der Waals surface area contributed by atoms with Gasteiger partial charge in [-0.05, 0) is 79.4 Å². The summed E-state index contributed by atoms with van der Waals surface area (Å²) >= 11 is 18.7. The summed E-state index contributed by atoms with van der Waals surface area (Å²) in [6.07, 6.45) is 5.27. The number of anilines is 1. The third kappa shape index (κ3) is 8.38. The van der Waals surface area contributed by atoms with E-state index in [2.05, 4.69) is 5.32 Å². The van der Waals surface area contributed by atoms with Crippen LogP contribution < -0.4 is 14.4 Å². The lowest BCUT2D eigenvalue weighted by atomic mass is 9.95. The van der Waals surface area contributed by atoms with Crippen LogP contribution in [0.5, 0.6) is 5.75 Å². The number of sulfonamides is 1. The zero-order valence-corrected chi connectivity index (χ0v) is 27.7. The van der Waals surface area contributed by atoms with Crippen LogP contribution in [0.1, 0.15) is 51.0 Å². The van der Waals surface area contributed by atoms with Crippen molar-refractivity contribution < 1.29 is 22.7 Å². The van der Waals surface area contributed by atoms with Gasteiger partial charge in [-0.3, -0.25) is 13.9 Å². The third-order valence-electron chi connectivity index (χ3n) is 7.70. The second kappa shape index (κ2) is 15.3. The molecule has 0 saturated heterocycles. The van der Waals surface area contributed by atoms with E-state index in [9.17, 15) is 18.0 Å². The van der Waals surface area contributed by atoms with E-state index < -0.39 is 28.5 Å². The number of rotatable bonds is 12. The molecule has 1 fully saturated rings. The SMILES string of the molecule is CC[C@@H](C(=O)NC1CCCCC1)N(Cc1ccc(Cl)c(Cl)c1)C(=O)CN(c1cccc(Cl)c1)S(=O)(=O)c1ccc(OC)cc1. The number of hydrogen-bond donors (Lipinski definition) is 1. The monoisotopic (exact) mass is 679 g/mol. The van der Waals surface area contributed by atoms with Gasteiger partial charge in [0.05, 0.1) is 27.7 Å². The molecule has 0 aromatic heterocycles.